The first-order valence-electron chi connectivity index (χ1n) is 6.66. The number of ether oxygens (including phenoxy) is 1. The number of nitrogens with one attached hydrogen (secondary N) is 1. The molecule has 0 radical (unpaired) electrons. The molecule has 0 aliphatic rings. The Kier molecular flexibility index (Phi) is 5.93. The quantitative estimate of drug-likeness (QED) is 0.733. The highest BCUT2D eigenvalue weighted by molar-refractivity contribution is 5.29. The summed E-state index contributed by atoms with van der Waals surface area (Å²) in [4.78, 5) is 0. The molecule has 0 aromatic heterocycles. The molecule has 2 heteroatoms. The molecular weight excluding hydrogens is 222 g/mol. The van der Waals surface area contributed by atoms with Crippen molar-refractivity contribution in [1.82, 2.24) is 5.32 Å². The van der Waals surface area contributed by atoms with Crippen LogP contribution in [-0.4, -0.2) is 12.1 Å². The van der Waals surface area contributed by atoms with Gasteiger partial charge >= 0.3 is 0 Å². The van der Waals surface area contributed by atoms with Gasteiger partial charge in [-0.1, -0.05) is 18.2 Å². The van der Waals surface area contributed by atoms with Crippen molar-refractivity contribution in [3.63, 3.8) is 0 Å². The van der Waals surface area contributed by atoms with Crippen LogP contribution in [0.3, 0.4) is 0 Å². The second-order valence-corrected chi connectivity index (χ2v) is 5.05. The van der Waals surface area contributed by atoms with Crippen LogP contribution in [0, 0.1) is 0 Å². The second-order valence-electron chi connectivity index (χ2n) is 5.05. The van der Waals surface area contributed by atoms with E-state index >= 15 is 0 Å². The van der Waals surface area contributed by atoms with Gasteiger partial charge in [-0.15, -0.1) is 6.58 Å². The molecule has 0 aliphatic carbocycles. The van der Waals surface area contributed by atoms with Crippen molar-refractivity contribution in [2.45, 2.75) is 52.3 Å². The van der Waals surface area contributed by atoms with E-state index in [0.29, 0.717) is 12.1 Å². The minimum Gasteiger partial charge on any atom is -0.491 e. The number of benzene rings is 1. The highest BCUT2D eigenvalue weighted by Crippen LogP contribution is 2.19. The Morgan fingerprint density at radius 3 is 2.28 bits per heavy atom. The van der Waals surface area contributed by atoms with E-state index in [1.807, 2.05) is 32.1 Å². The van der Waals surface area contributed by atoms with Crippen LogP contribution in [0.5, 0.6) is 5.75 Å². The first kappa shape index (κ1) is 14.8. The monoisotopic (exact) mass is 247 g/mol. The molecule has 18 heavy (non-hydrogen) atoms. The minimum atomic E-state index is 0.221. The first-order chi connectivity index (χ1) is 8.52. The lowest BCUT2D eigenvalue weighted by molar-refractivity contribution is 0.242. The van der Waals surface area contributed by atoms with Crippen LogP contribution < -0.4 is 10.1 Å². The molecule has 1 N–H and O–H groups in total. The standard InChI is InChI=1S/C16H25NO/c1-6-7-13(4)17-14(5)15-8-10-16(11-9-15)18-12(2)3/h6,8-14,17H,1,7H2,2-5H3. The van der Waals surface area contributed by atoms with E-state index in [4.69, 9.17) is 4.74 Å². The lowest BCUT2D eigenvalue weighted by Crippen LogP contribution is -2.28. The molecule has 2 nitrogen and oxygen atoms in total. The minimum absolute atomic E-state index is 0.221. The molecule has 0 saturated carbocycles. The van der Waals surface area contributed by atoms with Crippen LogP contribution in [0.2, 0.25) is 0 Å². The van der Waals surface area contributed by atoms with Gasteiger partial charge in [-0.3, -0.25) is 0 Å². The topological polar surface area (TPSA) is 21.3 Å². The van der Waals surface area contributed by atoms with Crippen LogP contribution in [-0.2, 0) is 0 Å². The zero-order valence-corrected chi connectivity index (χ0v) is 11.9. The van der Waals surface area contributed by atoms with Crippen LogP contribution in [0.25, 0.3) is 0 Å². The van der Waals surface area contributed by atoms with Crippen LogP contribution in [0.1, 0.15) is 45.7 Å². The summed E-state index contributed by atoms with van der Waals surface area (Å²) in [6, 6.07) is 9.10. The fraction of sp³-hybridized carbons (Fsp3) is 0.500. The Bertz CT molecular complexity index is 356. The first-order valence-corrected chi connectivity index (χ1v) is 6.66. The summed E-state index contributed by atoms with van der Waals surface area (Å²) in [5, 5.41) is 3.55. The molecule has 1 rings (SSSR count). The third kappa shape index (κ3) is 4.92. The molecule has 0 amide bonds. The van der Waals surface area contributed by atoms with Crippen LogP contribution in [0.15, 0.2) is 36.9 Å². The van der Waals surface area contributed by atoms with E-state index in [2.05, 4.69) is 37.9 Å². The highest BCUT2D eigenvalue weighted by atomic mass is 16.5. The van der Waals surface area contributed by atoms with Crippen molar-refractivity contribution in [3.8, 4) is 5.75 Å². The summed E-state index contributed by atoms with van der Waals surface area (Å²) in [7, 11) is 0. The molecule has 0 aliphatic heterocycles. The predicted octanol–water partition coefficient (Wildman–Crippen LogP) is 4.09. The fourth-order valence-corrected chi connectivity index (χ4v) is 1.95. The van der Waals surface area contributed by atoms with Gasteiger partial charge < -0.3 is 10.1 Å². The van der Waals surface area contributed by atoms with Crippen molar-refractivity contribution >= 4 is 0 Å². The third-order valence-corrected chi connectivity index (χ3v) is 2.81. The van der Waals surface area contributed by atoms with Gasteiger partial charge in [0, 0.05) is 12.1 Å². The molecular formula is C16H25NO. The van der Waals surface area contributed by atoms with E-state index in [1.54, 1.807) is 0 Å². The summed E-state index contributed by atoms with van der Waals surface area (Å²) in [5.41, 5.74) is 1.28. The number of hydrogen-bond acceptors (Lipinski definition) is 2. The maximum atomic E-state index is 5.63. The molecule has 0 spiro atoms. The largest absolute Gasteiger partial charge is 0.491 e. The summed E-state index contributed by atoms with van der Waals surface area (Å²) in [6.45, 7) is 12.2. The maximum Gasteiger partial charge on any atom is 0.119 e. The molecule has 0 bridgehead atoms. The van der Waals surface area contributed by atoms with Crippen molar-refractivity contribution in [2.24, 2.45) is 0 Å². The van der Waals surface area contributed by atoms with Gasteiger partial charge in [-0.25, -0.2) is 0 Å². The van der Waals surface area contributed by atoms with E-state index in [9.17, 15) is 0 Å². The maximum absolute atomic E-state index is 5.63. The van der Waals surface area contributed by atoms with Gasteiger partial charge in [-0.2, -0.15) is 0 Å². The molecule has 2 atom stereocenters. The summed E-state index contributed by atoms with van der Waals surface area (Å²) < 4.78 is 5.63. The molecule has 0 saturated heterocycles. The van der Waals surface area contributed by atoms with Crippen molar-refractivity contribution in [3.05, 3.63) is 42.5 Å². The lowest BCUT2D eigenvalue weighted by Gasteiger charge is -2.19. The van der Waals surface area contributed by atoms with Crippen molar-refractivity contribution in [2.75, 3.05) is 0 Å². The Balaban J connectivity index is 2.58. The Hall–Kier alpha value is -1.28. The average Bonchev–Trinajstić information content (AvgIpc) is 2.29. The van der Waals surface area contributed by atoms with Gasteiger partial charge in [0.25, 0.3) is 0 Å². The molecule has 0 heterocycles. The Morgan fingerprint density at radius 1 is 1.17 bits per heavy atom. The molecule has 1 aromatic rings. The highest BCUT2D eigenvalue weighted by Gasteiger charge is 2.08. The van der Waals surface area contributed by atoms with Crippen LogP contribution in [0.4, 0.5) is 0 Å². The zero-order valence-electron chi connectivity index (χ0n) is 11.9. The van der Waals surface area contributed by atoms with Crippen LogP contribution >= 0.6 is 0 Å². The van der Waals surface area contributed by atoms with Gasteiger partial charge in [0.2, 0.25) is 0 Å². The lowest BCUT2D eigenvalue weighted by atomic mass is 10.1. The predicted molar refractivity (Wildman–Crippen MR) is 78.0 cm³/mol. The summed E-state index contributed by atoms with van der Waals surface area (Å²) in [6.07, 6.45) is 3.15. The Morgan fingerprint density at radius 2 is 1.78 bits per heavy atom. The molecule has 2 unspecified atom stereocenters. The molecule has 1 aromatic carbocycles. The fourth-order valence-electron chi connectivity index (χ4n) is 1.95. The van der Waals surface area contributed by atoms with Gasteiger partial charge in [-0.05, 0) is 51.8 Å². The van der Waals surface area contributed by atoms with Crippen molar-refractivity contribution in [1.29, 1.82) is 0 Å². The summed E-state index contributed by atoms with van der Waals surface area (Å²) >= 11 is 0. The van der Waals surface area contributed by atoms with E-state index in [0.717, 1.165) is 12.2 Å². The van der Waals surface area contributed by atoms with E-state index < -0.39 is 0 Å². The zero-order chi connectivity index (χ0) is 13.5. The smallest absolute Gasteiger partial charge is 0.119 e. The van der Waals surface area contributed by atoms with E-state index in [1.165, 1.54) is 5.56 Å². The number of rotatable bonds is 7. The molecule has 0 fully saturated rings. The normalized spacial score (nSPS) is 14.3. The van der Waals surface area contributed by atoms with Gasteiger partial charge in [0.1, 0.15) is 5.75 Å². The van der Waals surface area contributed by atoms with Gasteiger partial charge in [0.05, 0.1) is 6.10 Å². The average molecular weight is 247 g/mol. The third-order valence-electron chi connectivity index (χ3n) is 2.81. The SMILES string of the molecule is C=CCC(C)NC(C)c1ccc(OC(C)C)cc1. The second kappa shape index (κ2) is 7.22. The van der Waals surface area contributed by atoms with Crippen molar-refractivity contribution < 1.29 is 4.74 Å². The van der Waals surface area contributed by atoms with E-state index in [-0.39, 0.29) is 6.10 Å². The summed E-state index contributed by atoms with van der Waals surface area (Å²) in [5.74, 6) is 0.931. The van der Waals surface area contributed by atoms with Gasteiger partial charge in [0.15, 0.2) is 0 Å². The Labute approximate surface area is 111 Å². The number of hydrogen-bond donors (Lipinski definition) is 1. The molecule has 100 valence electrons.